The van der Waals surface area contributed by atoms with Gasteiger partial charge in [0, 0.05) is 17.6 Å². The number of nitrogens with one attached hydrogen (secondary N) is 1. The Bertz CT molecular complexity index is 455. The lowest BCUT2D eigenvalue weighted by molar-refractivity contribution is 0.0524. The predicted octanol–water partition coefficient (Wildman–Crippen LogP) is 3.17. The largest absolute Gasteiger partial charge is 0.444 e. The fraction of sp³-hybridized carbons (Fsp3) is 0.500. The zero-order chi connectivity index (χ0) is 14.6. The van der Waals surface area contributed by atoms with Gasteiger partial charge in [0.1, 0.15) is 5.60 Å². The Morgan fingerprint density at radius 2 is 2.11 bits per heavy atom. The first-order valence-corrected chi connectivity index (χ1v) is 6.55. The molecule has 0 bridgehead atoms. The van der Waals surface area contributed by atoms with E-state index in [0.717, 1.165) is 11.1 Å². The average molecular weight is 285 g/mol. The molecular formula is C14H21ClN2O2. The molecule has 3 N–H and O–H groups in total. The van der Waals surface area contributed by atoms with Gasteiger partial charge in [-0.2, -0.15) is 0 Å². The Kier molecular flexibility index (Phi) is 5.20. The number of benzene rings is 1. The summed E-state index contributed by atoms with van der Waals surface area (Å²) < 4.78 is 5.14. The van der Waals surface area contributed by atoms with Crippen LogP contribution in [0.3, 0.4) is 0 Å². The smallest absolute Gasteiger partial charge is 0.407 e. The lowest BCUT2D eigenvalue weighted by Crippen LogP contribution is -2.36. The van der Waals surface area contributed by atoms with Crippen LogP contribution in [0.1, 0.15) is 37.9 Å². The van der Waals surface area contributed by atoms with E-state index >= 15 is 0 Å². The van der Waals surface area contributed by atoms with E-state index in [9.17, 15) is 4.79 Å². The molecule has 0 aliphatic rings. The van der Waals surface area contributed by atoms with E-state index in [1.54, 1.807) is 6.07 Å². The standard InChI is InChI=1S/C14H21ClN2O2/c1-9-5-6-11(15)10(7-9)12(16)8-17-13(18)19-14(2,3)4/h5-7,12H,8,16H2,1-4H3,(H,17,18). The minimum absolute atomic E-state index is 0.276. The van der Waals surface area contributed by atoms with Crippen LogP contribution in [0.25, 0.3) is 0 Å². The van der Waals surface area contributed by atoms with Crippen LogP contribution in [0.2, 0.25) is 5.02 Å². The second-order valence-electron chi connectivity index (χ2n) is 5.51. The summed E-state index contributed by atoms with van der Waals surface area (Å²) in [7, 11) is 0. The van der Waals surface area contributed by atoms with Gasteiger partial charge in [-0.25, -0.2) is 4.79 Å². The molecule has 1 aromatic rings. The number of halogens is 1. The lowest BCUT2D eigenvalue weighted by Gasteiger charge is -2.21. The summed E-state index contributed by atoms with van der Waals surface area (Å²) in [6.45, 7) is 7.67. The molecule has 0 aromatic heterocycles. The molecule has 5 heteroatoms. The van der Waals surface area contributed by atoms with Crippen molar-refractivity contribution in [2.75, 3.05) is 6.54 Å². The maximum atomic E-state index is 11.5. The van der Waals surface area contributed by atoms with E-state index in [-0.39, 0.29) is 12.6 Å². The number of ether oxygens (including phenoxy) is 1. The molecule has 0 spiro atoms. The van der Waals surface area contributed by atoms with Gasteiger partial charge in [0.2, 0.25) is 0 Å². The van der Waals surface area contributed by atoms with Crippen molar-refractivity contribution in [3.8, 4) is 0 Å². The number of hydrogen-bond donors (Lipinski definition) is 2. The van der Waals surface area contributed by atoms with Crippen LogP contribution < -0.4 is 11.1 Å². The van der Waals surface area contributed by atoms with E-state index < -0.39 is 11.7 Å². The highest BCUT2D eigenvalue weighted by Gasteiger charge is 2.17. The molecule has 1 aromatic carbocycles. The highest BCUT2D eigenvalue weighted by atomic mass is 35.5. The normalized spacial score (nSPS) is 12.9. The number of hydrogen-bond acceptors (Lipinski definition) is 3. The zero-order valence-corrected chi connectivity index (χ0v) is 12.5. The van der Waals surface area contributed by atoms with Gasteiger partial charge in [0.25, 0.3) is 0 Å². The first-order valence-electron chi connectivity index (χ1n) is 6.17. The summed E-state index contributed by atoms with van der Waals surface area (Å²) in [5.74, 6) is 0. The highest BCUT2D eigenvalue weighted by Crippen LogP contribution is 2.22. The lowest BCUT2D eigenvalue weighted by atomic mass is 10.1. The summed E-state index contributed by atoms with van der Waals surface area (Å²) in [5.41, 5.74) is 7.40. The third kappa shape index (κ3) is 5.49. The topological polar surface area (TPSA) is 64.3 Å². The van der Waals surface area contributed by atoms with Gasteiger partial charge in [-0.1, -0.05) is 29.3 Å². The van der Waals surface area contributed by atoms with Crippen LogP contribution in [0.15, 0.2) is 18.2 Å². The van der Waals surface area contributed by atoms with Crippen LogP contribution in [0.4, 0.5) is 4.79 Å². The monoisotopic (exact) mass is 284 g/mol. The van der Waals surface area contributed by atoms with Crippen molar-refractivity contribution in [3.63, 3.8) is 0 Å². The third-order valence-electron chi connectivity index (χ3n) is 2.42. The van der Waals surface area contributed by atoms with Gasteiger partial charge < -0.3 is 15.8 Å². The summed E-state index contributed by atoms with van der Waals surface area (Å²) in [4.78, 5) is 11.5. The van der Waals surface area contributed by atoms with Gasteiger partial charge in [-0.3, -0.25) is 0 Å². The minimum atomic E-state index is -0.519. The fourth-order valence-corrected chi connectivity index (χ4v) is 1.82. The van der Waals surface area contributed by atoms with Crippen molar-refractivity contribution in [3.05, 3.63) is 34.3 Å². The Morgan fingerprint density at radius 1 is 1.47 bits per heavy atom. The van der Waals surface area contributed by atoms with E-state index in [4.69, 9.17) is 22.1 Å². The number of carbonyl (C=O) groups excluding carboxylic acids is 1. The second kappa shape index (κ2) is 6.26. The Hall–Kier alpha value is -1.26. The van der Waals surface area contributed by atoms with Crippen LogP contribution in [0.5, 0.6) is 0 Å². The average Bonchev–Trinajstić information content (AvgIpc) is 2.27. The van der Waals surface area contributed by atoms with Gasteiger partial charge in [0.05, 0.1) is 0 Å². The first kappa shape index (κ1) is 15.8. The van der Waals surface area contributed by atoms with Gasteiger partial charge in [0.15, 0.2) is 0 Å². The maximum Gasteiger partial charge on any atom is 0.407 e. The molecule has 0 saturated heterocycles. The molecule has 1 rings (SSSR count). The molecular weight excluding hydrogens is 264 g/mol. The number of carbonyl (C=O) groups is 1. The summed E-state index contributed by atoms with van der Waals surface area (Å²) >= 11 is 6.09. The molecule has 0 aliphatic carbocycles. The van der Waals surface area contributed by atoms with E-state index in [2.05, 4.69) is 5.32 Å². The van der Waals surface area contributed by atoms with Crippen molar-refractivity contribution < 1.29 is 9.53 Å². The number of rotatable bonds is 3. The molecule has 19 heavy (non-hydrogen) atoms. The Morgan fingerprint density at radius 3 is 2.68 bits per heavy atom. The van der Waals surface area contributed by atoms with Gasteiger partial charge in [-0.05, 0) is 39.3 Å². The maximum absolute atomic E-state index is 11.5. The van der Waals surface area contributed by atoms with Crippen LogP contribution in [0, 0.1) is 6.92 Å². The van der Waals surface area contributed by atoms with Crippen LogP contribution in [-0.4, -0.2) is 18.2 Å². The van der Waals surface area contributed by atoms with Crippen LogP contribution in [-0.2, 0) is 4.74 Å². The van der Waals surface area contributed by atoms with Crippen molar-refractivity contribution in [2.24, 2.45) is 5.73 Å². The Labute approximate surface area is 119 Å². The molecule has 0 radical (unpaired) electrons. The molecule has 0 saturated carbocycles. The first-order chi connectivity index (χ1) is 8.69. The predicted molar refractivity (Wildman–Crippen MR) is 77.4 cm³/mol. The highest BCUT2D eigenvalue weighted by molar-refractivity contribution is 6.31. The minimum Gasteiger partial charge on any atom is -0.444 e. The summed E-state index contributed by atoms with van der Waals surface area (Å²) in [6, 6.07) is 5.28. The number of nitrogens with two attached hydrogens (primary N) is 1. The van der Waals surface area contributed by atoms with Crippen molar-refractivity contribution >= 4 is 17.7 Å². The summed E-state index contributed by atoms with van der Waals surface area (Å²) in [5, 5.41) is 3.24. The third-order valence-corrected chi connectivity index (χ3v) is 2.76. The molecule has 1 unspecified atom stereocenters. The second-order valence-corrected chi connectivity index (χ2v) is 5.92. The number of alkyl carbamates (subject to hydrolysis) is 1. The van der Waals surface area contributed by atoms with Crippen molar-refractivity contribution in [1.82, 2.24) is 5.32 Å². The van der Waals surface area contributed by atoms with E-state index in [0.29, 0.717) is 5.02 Å². The SMILES string of the molecule is Cc1ccc(Cl)c(C(N)CNC(=O)OC(C)(C)C)c1. The van der Waals surface area contributed by atoms with Crippen molar-refractivity contribution in [2.45, 2.75) is 39.3 Å². The van der Waals surface area contributed by atoms with Gasteiger partial charge in [-0.15, -0.1) is 0 Å². The molecule has 4 nitrogen and oxygen atoms in total. The quantitative estimate of drug-likeness (QED) is 0.896. The van der Waals surface area contributed by atoms with Crippen molar-refractivity contribution in [1.29, 1.82) is 0 Å². The molecule has 1 atom stereocenters. The van der Waals surface area contributed by atoms with E-state index in [1.807, 2.05) is 39.8 Å². The fourth-order valence-electron chi connectivity index (χ4n) is 1.56. The molecule has 0 heterocycles. The molecule has 106 valence electrons. The Balaban J connectivity index is 2.58. The van der Waals surface area contributed by atoms with Crippen LogP contribution >= 0.6 is 11.6 Å². The number of amides is 1. The molecule has 0 aliphatic heterocycles. The molecule has 1 amide bonds. The number of aryl methyl sites for hydroxylation is 1. The summed E-state index contributed by atoms with van der Waals surface area (Å²) in [6.07, 6.45) is -0.480. The molecule has 0 fully saturated rings. The van der Waals surface area contributed by atoms with Gasteiger partial charge >= 0.3 is 6.09 Å². The van der Waals surface area contributed by atoms with E-state index in [1.165, 1.54) is 0 Å². The zero-order valence-electron chi connectivity index (χ0n) is 11.8.